The van der Waals surface area contributed by atoms with Crippen LogP contribution in [0.1, 0.15) is 10.4 Å². The van der Waals surface area contributed by atoms with Crippen LogP contribution in [-0.2, 0) is 0 Å². The van der Waals surface area contributed by atoms with E-state index in [1.807, 2.05) is 54.6 Å². The maximum atomic E-state index is 12.8. The molecule has 1 heterocycles. The number of Topliss-reactive ketones (excluding diaryl/α,β-unsaturated/α-hetero) is 1. The molecule has 0 aliphatic heterocycles. The van der Waals surface area contributed by atoms with Crippen molar-refractivity contribution in [2.24, 2.45) is 0 Å². The molecule has 10 heteroatoms. The minimum Gasteiger partial charge on any atom is -0.506 e. The molecule has 5 N–H and O–H groups in total. The average molecular weight is 622 g/mol. The van der Waals surface area contributed by atoms with E-state index in [0.717, 1.165) is 27.1 Å². The van der Waals surface area contributed by atoms with Crippen LogP contribution in [0.25, 0.3) is 43.6 Å². The Morgan fingerprint density at radius 3 is 2.03 bits per heavy atom. The zero-order valence-corrected chi connectivity index (χ0v) is 20.0. The first kappa shape index (κ1) is 28.6. The smallest absolute Gasteiger partial charge is 0.455 e. The third kappa shape index (κ3) is 5.03. The molecule has 181 valence electrons. The maximum absolute atomic E-state index is 12.8. The van der Waals surface area contributed by atoms with Gasteiger partial charge in [0, 0.05) is 49.4 Å². The van der Waals surface area contributed by atoms with Gasteiger partial charge in [0.15, 0.2) is 5.56 Å². The van der Waals surface area contributed by atoms with Crippen LogP contribution >= 0.6 is 0 Å². The summed E-state index contributed by atoms with van der Waals surface area (Å²) in [6, 6.07) is 22.1. The second kappa shape index (κ2) is 10.6. The summed E-state index contributed by atoms with van der Waals surface area (Å²) < 4.78 is 43.3. The maximum Gasteiger partial charge on any atom is 0.455 e. The molecule has 4 aromatic carbocycles. The molecule has 0 atom stereocenters. The Hall–Kier alpha value is -2.63. The first-order chi connectivity index (χ1) is 15.2. The fourth-order valence-corrected chi connectivity index (χ4v) is 3.89. The van der Waals surface area contributed by atoms with Crippen molar-refractivity contribution in [3.63, 3.8) is 0 Å². The molecule has 0 aliphatic carbocycles. The van der Waals surface area contributed by atoms with Crippen LogP contribution in [0, 0.1) is 49.4 Å². The molecule has 0 saturated heterocycles. The van der Waals surface area contributed by atoms with Crippen LogP contribution in [0.3, 0.4) is 0 Å². The van der Waals surface area contributed by atoms with Gasteiger partial charge < -0.3 is 20.5 Å². The van der Waals surface area contributed by atoms with Gasteiger partial charge in [-0.2, -0.15) is 13.2 Å². The molecule has 0 spiro atoms. The zero-order chi connectivity index (χ0) is 22.6. The fourth-order valence-electron chi connectivity index (χ4n) is 3.89. The van der Waals surface area contributed by atoms with Gasteiger partial charge in [0.1, 0.15) is 11.3 Å². The molecule has 1 radical (unpaired) electrons. The van der Waals surface area contributed by atoms with Gasteiger partial charge in [0.25, 0.3) is 5.78 Å². The Balaban J connectivity index is 0.00000144. The molecule has 1 aromatic heterocycles. The van der Waals surface area contributed by atoms with E-state index >= 15 is 0 Å². The van der Waals surface area contributed by atoms with Crippen LogP contribution in [0.2, 0.25) is 0 Å². The number of carbonyl (C=O) groups is 1. The van der Waals surface area contributed by atoms with E-state index < -0.39 is 28.9 Å². The molecular formula is C25H17EuF3O6. The number of ketones is 1. The Bertz CT molecular complexity index is 1630. The molecule has 0 aliphatic rings. The van der Waals surface area contributed by atoms with E-state index in [0.29, 0.717) is 5.56 Å². The van der Waals surface area contributed by atoms with Gasteiger partial charge in [0.2, 0.25) is 0 Å². The Kier molecular flexibility index (Phi) is 8.63. The van der Waals surface area contributed by atoms with E-state index in [1.165, 1.54) is 12.1 Å². The van der Waals surface area contributed by atoms with Crippen molar-refractivity contribution < 1.29 is 87.8 Å². The summed E-state index contributed by atoms with van der Waals surface area (Å²) in [5, 5.41) is 14.2. The second-order valence-electron chi connectivity index (χ2n) is 7.37. The number of alkyl halides is 3. The average Bonchev–Trinajstić information content (AvgIpc) is 2.77. The van der Waals surface area contributed by atoms with Crippen molar-refractivity contribution >= 4 is 38.3 Å². The number of fused-ring (bicyclic) bond motifs is 4. The predicted octanol–water partition coefficient (Wildman–Crippen LogP) is 4.57. The molecular weight excluding hydrogens is 605 g/mol. The van der Waals surface area contributed by atoms with Gasteiger partial charge in [-0.3, -0.25) is 4.79 Å². The molecule has 0 fully saturated rings. The van der Waals surface area contributed by atoms with Crippen molar-refractivity contribution in [3.05, 3.63) is 88.8 Å². The normalized spacial score (nSPS) is 10.9. The van der Waals surface area contributed by atoms with Gasteiger partial charge >= 0.3 is 11.8 Å². The molecule has 0 amide bonds. The van der Waals surface area contributed by atoms with Crippen LogP contribution in [-0.4, -0.2) is 28.0 Å². The van der Waals surface area contributed by atoms with E-state index in [-0.39, 0.29) is 71.3 Å². The van der Waals surface area contributed by atoms with Crippen LogP contribution in [0.15, 0.2) is 82.0 Å². The SMILES string of the molecule is O.O.O=C(c1c(O)c2ccc(-c3ccc4ccc5ccccc5c4c3)cc2oc1=O)C(F)(F)F.[Eu]. The number of hydrogen-bond acceptors (Lipinski definition) is 4. The Morgan fingerprint density at radius 1 is 0.771 bits per heavy atom. The molecule has 0 bridgehead atoms. The Labute approximate surface area is 236 Å². The molecule has 0 saturated carbocycles. The number of hydrogen-bond donors (Lipinski definition) is 1. The molecule has 5 aromatic rings. The standard InChI is InChI=1S/C25H13F3O4.Eu.2H2O/c26-25(27,28)23(30)21-22(29)18-10-9-16(12-20(18)32-24(21)31)15-8-7-14-6-5-13-3-1-2-4-17(13)19(14)11-15;;;/h1-12,29H;;2*1H2. The third-order valence-electron chi connectivity index (χ3n) is 5.44. The summed E-state index contributed by atoms with van der Waals surface area (Å²) in [5.74, 6) is -3.49. The topological polar surface area (TPSA) is 131 Å². The number of halogens is 3. The van der Waals surface area contributed by atoms with Gasteiger partial charge in [-0.15, -0.1) is 0 Å². The van der Waals surface area contributed by atoms with Gasteiger partial charge in [-0.05, 0) is 50.9 Å². The van der Waals surface area contributed by atoms with E-state index in [4.69, 9.17) is 4.42 Å². The second-order valence-corrected chi connectivity index (χ2v) is 7.37. The fraction of sp³-hybridized carbons (Fsp3) is 0.0400. The van der Waals surface area contributed by atoms with Gasteiger partial charge in [-0.1, -0.05) is 54.6 Å². The minimum atomic E-state index is -5.31. The van der Waals surface area contributed by atoms with Crippen LogP contribution < -0.4 is 5.63 Å². The van der Waals surface area contributed by atoms with E-state index in [1.54, 1.807) is 6.07 Å². The summed E-state index contributed by atoms with van der Waals surface area (Å²) in [6.07, 6.45) is -5.31. The van der Waals surface area contributed by atoms with Crippen molar-refractivity contribution in [3.8, 4) is 16.9 Å². The largest absolute Gasteiger partial charge is 0.506 e. The number of benzene rings is 4. The first-order valence-corrected chi connectivity index (χ1v) is 9.57. The minimum absolute atomic E-state index is 0. The summed E-state index contributed by atoms with van der Waals surface area (Å²) in [5.41, 5.74) is -1.67. The molecule has 35 heavy (non-hydrogen) atoms. The Morgan fingerprint density at radius 2 is 1.34 bits per heavy atom. The summed E-state index contributed by atoms with van der Waals surface area (Å²) >= 11 is 0. The molecule has 5 rings (SSSR count). The summed E-state index contributed by atoms with van der Waals surface area (Å²) in [7, 11) is 0. The monoisotopic (exact) mass is 623 g/mol. The van der Waals surface area contributed by atoms with Crippen molar-refractivity contribution in [2.45, 2.75) is 6.18 Å². The number of rotatable bonds is 2. The van der Waals surface area contributed by atoms with Gasteiger partial charge in [0.05, 0.1) is 5.39 Å². The third-order valence-corrected chi connectivity index (χ3v) is 5.44. The molecule has 6 nitrogen and oxygen atoms in total. The first-order valence-electron chi connectivity index (χ1n) is 9.57. The summed E-state index contributed by atoms with van der Waals surface area (Å²) in [4.78, 5) is 23.6. The van der Waals surface area contributed by atoms with E-state index in [2.05, 4.69) is 0 Å². The van der Waals surface area contributed by atoms with Crippen LogP contribution in [0.4, 0.5) is 13.2 Å². The number of carbonyl (C=O) groups excluding carboxylic acids is 1. The number of aromatic hydroxyl groups is 1. The quantitative estimate of drug-likeness (QED) is 0.176. The summed E-state index contributed by atoms with van der Waals surface area (Å²) in [6.45, 7) is 0. The van der Waals surface area contributed by atoms with Crippen molar-refractivity contribution in [2.75, 3.05) is 0 Å². The van der Waals surface area contributed by atoms with Crippen LogP contribution in [0.5, 0.6) is 5.75 Å². The van der Waals surface area contributed by atoms with Crippen molar-refractivity contribution in [1.82, 2.24) is 0 Å². The van der Waals surface area contributed by atoms with Gasteiger partial charge in [-0.25, -0.2) is 4.79 Å². The zero-order valence-electron chi connectivity index (χ0n) is 17.6. The molecule has 0 unspecified atom stereocenters. The predicted molar refractivity (Wildman–Crippen MR) is 122 cm³/mol. The van der Waals surface area contributed by atoms with E-state index in [9.17, 15) is 27.9 Å². The van der Waals surface area contributed by atoms with Crippen molar-refractivity contribution in [1.29, 1.82) is 0 Å².